The van der Waals surface area contributed by atoms with Gasteiger partial charge < -0.3 is 4.74 Å². The van der Waals surface area contributed by atoms with Crippen LogP contribution < -0.4 is 4.74 Å². The number of nitrogens with zero attached hydrogens (tertiary/aromatic N) is 1. The molecule has 0 aromatic heterocycles. The van der Waals surface area contributed by atoms with Crippen molar-refractivity contribution in [1.29, 1.82) is 0 Å². The summed E-state index contributed by atoms with van der Waals surface area (Å²) in [7, 11) is -3.57. The molecule has 2 rings (SSSR count). The number of benzene rings is 2. The van der Waals surface area contributed by atoms with Crippen LogP contribution in [0.3, 0.4) is 0 Å². The van der Waals surface area contributed by atoms with Crippen LogP contribution >= 0.6 is 23.2 Å². The van der Waals surface area contributed by atoms with E-state index >= 15 is 0 Å². The summed E-state index contributed by atoms with van der Waals surface area (Å²) in [5.74, 6) is -0.00839. The van der Waals surface area contributed by atoms with Gasteiger partial charge in [0.2, 0.25) is 5.75 Å². The third-order valence-electron chi connectivity index (χ3n) is 2.67. The van der Waals surface area contributed by atoms with Gasteiger partial charge in [-0.2, -0.15) is 0 Å². The molecule has 9 heteroatoms. The van der Waals surface area contributed by atoms with E-state index in [-0.39, 0.29) is 21.4 Å². The summed E-state index contributed by atoms with van der Waals surface area (Å²) in [6, 6.07) is 7.77. The van der Waals surface area contributed by atoms with Gasteiger partial charge in [0.25, 0.3) is 0 Å². The average Bonchev–Trinajstić information content (AvgIpc) is 2.42. The summed E-state index contributed by atoms with van der Waals surface area (Å²) in [5.41, 5.74) is -0.487. The number of ether oxygens (including phenoxy) is 1. The highest BCUT2D eigenvalue weighted by Crippen LogP contribution is 2.37. The highest BCUT2D eigenvalue weighted by molar-refractivity contribution is 7.90. The Kier molecular flexibility index (Phi) is 4.60. The molecule has 0 aliphatic rings. The van der Waals surface area contributed by atoms with Crippen molar-refractivity contribution in [2.45, 2.75) is 4.90 Å². The van der Waals surface area contributed by atoms with Gasteiger partial charge in [-0.3, -0.25) is 10.1 Å². The zero-order valence-corrected chi connectivity index (χ0v) is 13.4. The van der Waals surface area contributed by atoms with Crippen LogP contribution in [0.5, 0.6) is 11.5 Å². The first-order valence-electron chi connectivity index (χ1n) is 5.80. The summed E-state index contributed by atoms with van der Waals surface area (Å²) in [6.45, 7) is 0. The topological polar surface area (TPSA) is 86.5 Å². The van der Waals surface area contributed by atoms with Gasteiger partial charge in [0.15, 0.2) is 9.84 Å². The number of hydrogen-bond donors (Lipinski definition) is 0. The van der Waals surface area contributed by atoms with Crippen molar-refractivity contribution in [3.8, 4) is 11.5 Å². The molecule has 0 saturated heterocycles. The molecule has 0 fully saturated rings. The summed E-state index contributed by atoms with van der Waals surface area (Å²) in [4.78, 5) is 10.2. The highest BCUT2D eigenvalue weighted by atomic mass is 35.5. The SMILES string of the molecule is CS(=O)(=O)c1ccc(Oc2cc(Cl)ccc2Cl)c([N+](=O)[O-])c1. The van der Waals surface area contributed by atoms with E-state index in [1.165, 1.54) is 30.3 Å². The first kappa shape index (κ1) is 16.5. The van der Waals surface area contributed by atoms with E-state index in [0.29, 0.717) is 5.02 Å². The maximum absolute atomic E-state index is 11.5. The molecule has 0 saturated carbocycles. The third-order valence-corrected chi connectivity index (χ3v) is 4.33. The molecule has 0 aliphatic heterocycles. The number of hydrogen-bond acceptors (Lipinski definition) is 5. The molecule has 6 nitrogen and oxygen atoms in total. The molecule has 116 valence electrons. The standard InChI is InChI=1S/C13H9Cl2NO5S/c1-22(19,20)9-3-5-12(11(7-9)16(17)18)21-13-6-8(14)2-4-10(13)15/h2-7H,1H3. The Bertz CT molecular complexity index is 852. The lowest BCUT2D eigenvalue weighted by molar-refractivity contribution is -0.385. The fourth-order valence-corrected chi connectivity index (χ4v) is 2.59. The molecular weight excluding hydrogens is 353 g/mol. The number of nitro benzene ring substituents is 1. The summed E-state index contributed by atoms with van der Waals surface area (Å²) in [5, 5.41) is 11.7. The minimum Gasteiger partial charge on any atom is -0.449 e. The van der Waals surface area contributed by atoms with Gasteiger partial charge in [0, 0.05) is 23.4 Å². The van der Waals surface area contributed by atoms with Crippen LogP contribution in [-0.2, 0) is 9.84 Å². The minimum absolute atomic E-state index is 0.129. The highest BCUT2D eigenvalue weighted by Gasteiger charge is 2.21. The van der Waals surface area contributed by atoms with Crippen molar-refractivity contribution < 1.29 is 18.1 Å². The minimum atomic E-state index is -3.57. The van der Waals surface area contributed by atoms with Crippen molar-refractivity contribution in [3.05, 3.63) is 56.6 Å². The van der Waals surface area contributed by atoms with Gasteiger partial charge in [0.05, 0.1) is 14.8 Å². The molecule has 22 heavy (non-hydrogen) atoms. The van der Waals surface area contributed by atoms with Crippen molar-refractivity contribution in [2.75, 3.05) is 6.26 Å². The first-order chi connectivity index (χ1) is 10.2. The zero-order chi connectivity index (χ0) is 16.5. The third kappa shape index (κ3) is 3.68. The second-order valence-corrected chi connectivity index (χ2v) is 7.19. The second kappa shape index (κ2) is 6.12. The maximum atomic E-state index is 11.5. The molecule has 0 radical (unpaired) electrons. The first-order valence-corrected chi connectivity index (χ1v) is 8.44. The predicted molar refractivity (Wildman–Crippen MR) is 82.7 cm³/mol. The molecule has 2 aromatic rings. The number of rotatable bonds is 4. The zero-order valence-electron chi connectivity index (χ0n) is 11.1. The van der Waals surface area contributed by atoms with Crippen LogP contribution in [-0.4, -0.2) is 19.6 Å². The average molecular weight is 362 g/mol. The molecule has 0 amide bonds. The Morgan fingerprint density at radius 1 is 1.09 bits per heavy atom. The number of nitro groups is 1. The molecule has 0 spiro atoms. The van der Waals surface area contributed by atoms with E-state index in [2.05, 4.69) is 0 Å². The van der Waals surface area contributed by atoms with Crippen molar-refractivity contribution in [3.63, 3.8) is 0 Å². The Hall–Kier alpha value is -1.83. The van der Waals surface area contributed by atoms with Gasteiger partial charge in [-0.05, 0) is 24.3 Å². The van der Waals surface area contributed by atoms with Crippen LogP contribution in [0.15, 0.2) is 41.3 Å². The largest absolute Gasteiger partial charge is 0.449 e. The van der Waals surface area contributed by atoms with Crippen LogP contribution in [0, 0.1) is 10.1 Å². The van der Waals surface area contributed by atoms with Gasteiger partial charge in [-0.15, -0.1) is 0 Å². The number of halogens is 2. The second-order valence-electron chi connectivity index (χ2n) is 4.34. The molecular formula is C13H9Cl2NO5S. The molecule has 0 heterocycles. The van der Waals surface area contributed by atoms with E-state index in [1.54, 1.807) is 0 Å². The van der Waals surface area contributed by atoms with Gasteiger partial charge >= 0.3 is 5.69 Å². The molecule has 0 bridgehead atoms. The maximum Gasteiger partial charge on any atom is 0.312 e. The molecule has 0 unspecified atom stereocenters. The van der Waals surface area contributed by atoms with E-state index in [0.717, 1.165) is 12.3 Å². The lowest BCUT2D eigenvalue weighted by Crippen LogP contribution is -2.00. The molecule has 0 N–H and O–H groups in total. The van der Waals surface area contributed by atoms with Crippen molar-refractivity contribution >= 4 is 38.7 Å². The van der Waals surface area contributed by atoms with Crippen LogP contribution in [0.1, 0.15) is 0 Å². The lowest BCUT2D eigenvalue weighted by atomic mass is 10.3. The van der Waals surface area contributed by atoms with Crippen LogP contribution in [0.4, 0.5) is 5.69 Å². The monoisotopic (exact) mass is 361 g/mol. The van der Waals surface area contributed by atoms with Gasteiger partial charge in [-0.25, -0.2) is 8.42 Å². The molecule has 2 aromatic carbocycles. The van der Waals surface area contributed by atoms with E-state index in [1.807, 2.05) is 0 Å². The van der Waals surface area contributed by atoms with Gasteiger partial charge in [-0.1, -0.05) is 23.2 Å². The summed E-state index contributed by atoms with van der Waals surface area (Å²) < 4.78 is 28.3. The fraction of sp³-hybridized carbons (Fsp3) is 0.0769. The Balaban J connectivity index is 2.51. The summed E-state index contributed by atoms with van der Waals surface area (Å²) >= 11 is 11.8. The Morgan fingerprint density at radius 2 is 1.77 bits per heavy atom. The van der Waals surface area contributed by atoms with Crippen molar-refractivity contribution in [2.24, 2.45) is 0 Å². The van der Waals surface area contributed by atoms with Crippen LogP contribution in [0.25, 0.3) is 0 Å². The quantitative estimate of drug-likeness (QED) is 0.604. The smallest absolute Gasteiger partial charge is 0.312 e. The van der Waals surface area contributed by atoms with Crippen LogP contribution in [0.2, 0.25) is 10.0 Å². The Labute approximate surface area is 136 Å². The van der Waals surface area contributed by atoms with Crippen molar-refractivity contribution in [1.82, 2.24) is 0 Å². The number of sulfone groups is 1. The molecule has 0 atom stereocenters. The van der Waals surface area contributed by atoms with E-state index in [4.69, 9.17) is 27.9 Å². The predicted octanol–water partition coefficient (Wildman–Crippen LogP) is 4.10. The van der Waals surface area contributed by atoms with Gasteiger partial charge in [0.1, 0.15) is 5.75 Å². The van der Waals surface area contributed by atoms with E-state index < -0.39 is 20.4 Å². The lowest BCUT2D eigenvalue weighted by Gasteiger charge is -2.09. The fourth-order valence-electron chi connectivity index (χ4n) is 1.63. The summed E-state index contributed by atoms with van der Waals surface area (Å²) in [6.07, 6.45) is 0.959. The Morgan fingerprint density at radius 3 is 2.36 bits per heavy atom. The van der Waals surface area contributed by atoms with E-state index in [9.17, 15) is 18.5 Å². The normalized spacial score (nSPS) is 11.2. The molecule has 0 aliphatic carbocycles.